The molecule has 6 heteroatoms. The fourth-order valence-corrected chi connectivity index (χ4v) is 4.06. The third-order valence-electron chi connectivity index (χ3n) is 4.12. The van der Waals surface area contributed by atoms with Crippen molar-refractivity contribution in [2.75, 3.05) is 11.9 Å². The molecule has 0 unspecified atom stereocenters. The van der Waals surface area contributed by atoms with Crippen molar-refractivity contribution in [2.24, 2.45) is 0 Å². The van der Waals surface area contributed by atoms with E-state index in [1.54, 1.807) is 19.1 Å². The molecule has 0 heterocycles. The Balaban J connectivity index is 1.96. The zero-order valence-corrected chi connectivity index (χ0v) is 16.5. The third-order valence-corrected chi connectivity index (χ3v) is 5.74. The van der Waals surface area contributed by atoms with Crippen LogP contribution in [0, 0.1) is 13.8 Å². The van der Waals surface area contributed by atoms with Crippen molar-refractivity contribution in [3.05, 3.63) is 59.2 Å². The Morgan fingerprint density at radius 2 is 1.77 bits per heavy atom. The molecule has 2 aromatic carbocycles. The van der Waals surface area contributed by atoms with Crippen LogP contribution in [0.5, 0.6) is 0 Å². The molecule has 0 radical (unpaired) electrons. The summed E-state index contributed by atoms with van der Waals surface area (Å²) in [5.74, 6) is 0.0657. The third kappa shape index (κ3) is 5.16. The number of hydrogen-bond donors (Lipinski definition) is 2. The van der Waals surface area contributed by atoms with E-state index in [4.69, 9.17) is 0 Å². The molecular weight excluding hydrogens is 348 g/mol. The number of carbonyl (C=O) groups is 1. The van der Waals surface area contributed by atoms with Crippen molar-refractivity contribution in [3.63, 3.8) is 0 Å². The zero-order valence-electron chi connectivity index (χ0n) is 15.7. The second kappa shape index (κ2) is 8.47. The van der Waals surface area contributed by atoms with Gasteiger partial charge in [0.1, 0.15) is 0 Å². The monoisotopic (exact) mass is 374 g/mol. The number of para-hydroxylation sites is 1. The van der Waals surface area contributed by atoms with Crippen molar-refractivity contribution >= 4 is 21.6 Å². The van der Waals surface area contributed by atoms with Gasteiger partial charge in [0.25, 0.3) is 0 Å². The molecular formula is C20H26N2O3S. The van der Waals surface area contributed by atoms with Gasteiger partial charge in [0.15, 0.2) is 0 Å². The molecule has 0 fully saturated rings. The normalized spacial score (nSPS) is 11.6. The second-order valence-electron chi connectivity index (χ2n) is 6.71. The molecule has 140 valence electrons. The highest BCUT2D eigenvalue weighted by Gasteiger charge is 2.17. The van der Waals surface area contributed by atoms with Gasteiger partial charge >= 0.3 is 0 Å². The summed E-state index contributed by atoms with van der Waals surface area (Å²) >= 11 is 0. The summed E-state index contributed by atoms with van der Waals surface area (Å²) in [6.45, 7) is 7.84. The fraction of sp³-hybridized carbons (Fsp3) is 0.350. The molecule has 0 spiro atoms. The molecule has 0 saturated carbocycles. The second-order valence-corrected chi connectivity index (χ2v) is 8.44. The number of amides is 1. The first-order chi connectivity index (χ1) is 12.2. The van der Waals surface area contributed by atoms with Gasteiger partial charge in [-0.3, -0.25) is 4.79 Å². The van der Waals surface area contributed by atoms with Crippen molar-refractivity contribution < 1.29 is 13.2 Å². The number of anilines is 1. The fourth-order valence-electron chi connectivity index (χ4n) is 2.80. The zero-order chi connectivity index (χ0) is 19.3. The first kappa shape index (κ1) is 20.1. The van der Waals surface area contributed by atoms with Crippen LogP contribution in [-0.4, -0.2) is 20.9 Å². The molecule has 0 aromatic heterocycles. The maximum atomic E-state index is 12.4. The molecule has 1 amide bonds. The van der Waals surface area contributed by atoms with Crippen molar-refractivity contribution in [1.29, 1.82) is 0 Å². The van der Waals surface area contributed by atoms with Gasteiger partial charge < -0.3 is 5.32 Å². The Morgan fingerprint density at radius 1 is 1.08 bits per heavy atom. The molecule has 0 bridgehead atoms. The highest BCUT2D eigenvalue weighted by Crippen LogP contribution is 2.23. The van der Waals surface area contributed by atoms with Gasteiger partial charge in [-0.15, -0.1) is 0 Å². The van der Waals surface area contributed by atoms with Crippen LogP contribution in [0.2, 0.25) is 0 Å². The summed E-state index contributed by atoms with van der Waals surface area (Å²) in [5.41, 5.74) is 3.51. The number of nitrogens with one attached hydrogen (secondary N) is 2. The Labute approximate surface area is 155 Å². The van der Waals surface area contributed by atoms with E-state index in [1.807, 2.05) is 37.3 Å². The molecule has 0 aliphatic heterocycles. The van der Waals surface area contributed by atoms with E-state index in [2.05, 4.69) is 23.9 Å². The summed E-state index contributed by atoms with van der Waals surface area (Å²) in [7, 11) is -3.63. The first-order valence-electron chi connectivity index (χ1n) is 8.66. The van der Waals surface area contributed by atoms with E-state index in [0.717, 1.165) is 16.8 Å². The average molecular weight is 375 g/mol. The quantitative estimate of drug-likeness (QED) is 0.775. The molecule has 5 nitrogen and oxygen atoms in total. The standard InChI is InChI=1S/C20H26N2O3S/c1-14(2)17-7-5-6-8-18(17)22-20(23)11-12-21-26(24,25)19-10-9-15(3)13-16(19)4/h5-10,13-14,21H,11-12H2,1-4H3,(H,22,23). The maximum Gasteiger partial charge on any atom is 0.240 e. The van der Waals surface area contributed by atoms with Gasteiger partial charge in [-0.05, 0) is 43.0 Å². The lowest BCUT2D eigenvalue weighted by molar-refractivity contribution is -0.116. The van der Waals surface area contributed by atoms with E-state index in [9.17, 15) is 13.2 Å². The molecule has 2 N–H and O–H groups in total. The van der Waals surface area contributed by atoms with Gasteiger partial charge in [-0.25, -0.2) is 13.1 Å². The van der Waals surface area contributed by atoms with E-state index in [1.165, 1.54) is 0 Å². The van der Waals surface area contributed by atoms with E-state index >= 15 is 0 Å². The number of rotatable bonds is 7. The molecule has 0 saturated heterocycles. The van der Waals surface area contributed by atoms with Crippen molar-refractivity contribution in [2.45, 2.75) is 44.9 Å². The van der Waals surface area contributed by atoms with E-state index in [-0.39, 0.29) is 29.7 Å². The summed E-state index contributed by atoms with van der Waals surface area (Å²) in [5, 5.41) is 2.86. The summed E-state index contributed by atoms with van der Waals surface area (Å²) in [4.78, 5) is 12.4. The predicted molar refractivity (Wildman–Crippen MR) is 105 cm³/mol. The molecule has 26 heavy (non-hydrogen) atoms. The number of aryl methyl sites for hydroxylation is 2. The van der Waals surface area contributed by atoms with Gasteiger partial charge in [-0.1, -0.05) is 49.7 Å². The Hall–Kier alpha value is -2.18. The lowest BCUT2D eigenvalue weighted by atomic mass is 10.0. The number of hydrogen-bond acceptors (Lipinski definition) is 3. The van der Waals surface area contributed by atoms with Crippen LogP contribution in [-0.2, 0) is 14.8 Å². The van der Waals surface area contributed by atoms with Gasteiger partial charge in [0.2, 0.25) is 15.9 Å². The number of sulfonamides is 1. The van der Waals surface area contributed by atoms with Gasteiger partial charge in [-0.2, -0.15) is 0 Å². The molecule has 2 aromatic rings. The topological polar surface area (TPSA) is 75.3 Å². The highest BCUT2D eigenvalue weighted by molar-refractivity contribution is 7.89. The van der Waals surface area contributed by atoms with Crippen molar-refractivity contribution in [1.82, 2.24) is 4.72 Å². The summed E-state index contributed by atoms with van der Waals surface area (Å²) in [6.07, 6.45) is 0.0660. The molecule has 0 atom stereocenters. The maximum absolute atomic E-state index is 12.4. The van der Waals surface area contributed by atoms with Crippen LogP contribution in [0.4, 0.5) is 5.69 Å². The van der Waals surface area contributed by atoms with Crippen molar-refractivity contribution in [3.8, 4) is 0 Å². The molecule has 2 rings (SSSR count). The van der Waals surface area contributed by atoms with Gasteiger partial charge in [0, 0.05) is 18.7 Å². The largest absolute Gasteiger partial charge is 0.326 e. The smallest absolute Gasteiger partial charge is 0.240 e. The van der Waals surface area contributed by atoms with E-state index < -0.39 is 10.0 Å². The molecule has 0 aliphatic carbocycles. The van der Waals surface area contributed by atoms with Crippen LogP contribution >= 0.6 is 0 Å². The first-order valence-corrected chi connectivity index (χ1v) is 10.1. The molecule has 0 aliphatic rings. The van der Waals surface area contributed by atoms with E-state index in [0.29, 0.717) is 5.56 Å². The Bertz CT molecular complexity index is 890. The minimum Gasteiger partial charge on any atom is -0.326 e. The van der Waals surface area contributed by atoms with Crippen LogP contribution in [0.3, 0.4) is 0 Å². The average Bonchev–Trinajstić information content (AvgIpc) is 2.54. The SMILES string of the molecule is Cc1ccc(S(=O)(=O)NCCC(=O)Nc2ccccc2C(C)C)c(C)c1. The lowest BCUT2D eigenvalue weighted by Gasteiger charge is -2.14. The van der Waals surface area contributed by atoms with Gasteiger partial charge in [0.05, 0.1) is 4.90 Å². The van der Waals surface area contributed by atoms with Crippen LogP contribution in [0.15, 0.2) is 47.4 Å². The Morgan fingerprint density at radius 3 is 2.42 bits per heavy atom. The van der Waals surface area contributed by atoms with Crippen LogP contribution < -0.4 is 10.0 Å². The minimum absolute atomic E-state index is 0.0470. The number of benzene rings is 2. The number of carbonyl (C=O) groups excluding carboxylic acids is 1. The summed E-state index contributed by atoms with van der Waals surface area (Å²) in [6, 6.07) is 12.8. The highest BCUT2D eigenvalue weighted by atomic mass is 32.2. The lowest BCUT2D eigenvalue weighted by Crippen LogP contribution is -2.28. The summed E-state index contributed by atoms with van der Waals surface area (Å²) < 4.78 is 27.3. The minimum atomic E-state index is -3.63. The van der Waals surface area contributed by atoms with Crippen LogP contribution in [0.1, 0.15) is 42.9 Å². The predicted octanol–water partition coefficient (Wildman–Crippen LogP) is 3.73. The van der Waals surface area contributed by atoms with Crippen LogP contribution in [0.25, 0.3) is 0 Å². The Kier molecular flexibility index (Phi) is 6.56.